The monoisotopic (exact) mass is 271 g/mol. The van der Waals surface area contributed by atoms with Crippen LogP contribution in [0.1, 0.15) is 19.4 Å². The van der Waals surface area contributed by atoms with Gasteiger partial charge >= 0.3 is 6.09 Å². The summed E-state index contributed by atoms with van der Waals surface area (Å²) in [4.78, 5) is 11.3. The number of halogens is 1. The molecule has 0 aliphatic carbocycles. The van der Waals surface area contributed by atoms with Crippen molar-refractivity contribution in [3.63, 3.8) is 0 Å². The first-order valence-electron chi connectivity index (χ1n) is 4.73. The Balaban J connectivity index is 2.68. The van der Waals surface area contributed by atoms with Gasteiger partial charge in [-0.3, -0.25) is 5.32 Å². The van der Waals surface area contributed by atoms with E-state index in [1.54, 1.807) is 0 Å². The van der Waals surface area contributed by atoms with Crippen LogP contribution in [0.15, 0.2) is 22.7 Å². The van der Waals surface area contributed by atoms with E-state index in [4.69, 9.17) is 4.74 Å². The number of carbonyl (C=O) groups excluding carboxylic acids is 1. The average molecular weight is 272 g/mol. The minimum absolute atomic E-state index is 0.110. The topological polar surface area (TPSA) is 38.3 Å². The van der Waals surface area contributed by atoms with Gasteiger partial charge in [0.2, 0.25) is 0 Å². The highest BCUT2D eigenvalue weighted by Gasteiger charge is 2.07. The molecule has 1 N–H and O–H groups in total. The second-order valence-electron chi connectivity index (χ2n) is 3.54. The summed E-state index contributed by atoms with van der Waals surface area (Å²) in [5.74, 6) is 0. The van der Waals surface area contributed by atoms with Gasteiger partial charge in [0, 0.05) is 10.2 Å². The van der Waals surface area contributed by atoms with Gasteiger partial charge in [0.1, 0.15) is 0 Å². The van der Waals surface area contributed by atoms with Crippen molar-refractivity contribution in [2.45, 2.75) is 26.9 Å². The molecule has 82 valence electrons. The lowest BCUT2D eigenvalue weighted by Crippen LogP contribution is -2.18. The normalized spacial score (nSPS) is 10.2. The van der Waals surface area contributed by atoms with Crippen molar-refractivity contribution >= 4 is 27.7 Å². The molecule has 1 aromatic rings. The van der Waals surface area contributed by atoms with E-state index in [0.717, 1.165) is 15.7 Å². The maximum Gasteiger partial charge on any atom is 0.411 e. The molecule has 1 amide bonds. The number of benzene rings is 1. The van der Waals surface area contributed by atoms with Crippen molar-refractivity contribution in [3.8, 4) is 0 Å². The molecule has 0 aliphatic rings. The molecular formula is C11H14BrNO2. The lowest BCUT2D eigenvalue weighted by molar-refractivity contribution is 0.130. The molecule has 1 rings (SSSR count). The van der Waals surface area contributed by atoms with E-state index < -0.39 is 6.09 Å². The number of hydrogen-bond donors (Lipinski definition) is 1. The third-order valence-electron chi connectivity index (χ3n) is 1.77. The number of carbonyl (C=O) groups is 1. The first kappa shape index (κ1) is 12.0. The third-order valence-corrected chi connectivity index (χ3v) is 2.26. The predicted molar refractivity (Wildman–Crippen MR) is 64.1 cm³/mol. The number of hydrogen-bond acceptors (Lipinski definition) is 2. The van der Waals surface area contributed by atoms with Crippen LogP contribution in [0.3, 0.4) is 0 Å². The van der Waals surface area contributed by atoms with Gasteiger partial charge in [0.05, 0.1) is 6.10 Å². The summed E-state index contributed by atoms with van der Waals surface area (Å²) in [5.41, 5.74) is 1.76. The van der Waals surface area contributed by atoms with Gasteiger partial charge in [-0.05, 0) is 44.5 Å². The number of ether oxygens (including phenoxy) is 1. The van der Waals surface area contributed by atoms with Crippen molar-refractivity contribution < 1.29 is 9.53 Å². The smallest absolute Gasteiger partial charge is 0.411 e. The van der Waals surface area contributed by atoms with Crippen LogP contribution >= 0.6 is 15.9 Å². The van der Waals surface area contributed by atoms with E-state index in [-0.39, 0.29) is 6.10 Å². The quantitative estimate of drug-likeness (QED) is 0.891. The summed E-state index contributed by atoms with van der Waals surface area (Å²) in [6.07, 6.45) is -0.531. The van der Waals surface area contributed by atoms with Gasteiger partial charge in [-0.25, -0.2) is 4.79 Å². The molecule has 15 heavy (non-hydrogen) atoms. The third kappa shape index (κ3) is 3.91. The van der Waals surface area contributed by atoms with E-state index >= 15 is 0 Å². The zero-order valence-electron chi connectivity index (χ0n) is 9.00. The van der Waals surface area contributed by atoms with Gasteiger partial charge in [0.25, 0.3) is 0 Å². The zero-order valence-corrected chi connectivity index (χ0v) is 10.6. The van der Waals surface area contributed by atoms with Gasteiger partial charge in [-0.1, -0.05) is 15.9 Å². The van der Waals surface area contributed by atoms with Gasteiger partial charge in [-0.2, -0.15) is 0 Å². The summed E-state index contributed by atoms with van der Waals surface area (Å²) in [5, 5.41) is 2.69. The van der Waals surface area contributed by atoms with E-state index in [2.05, 4.69) is 21.2 Å². The summed E-state index contributed by atoms with van der Waals surface area (Å²) >= 11 is 3.36. The van der Waals surface area contributed by atoms with E-state index in [0.29, 0.717) is 0 Å². The molecule has 0 bridgehead atoms. The Labute approximate surface area is 97.9 Å². The number of aryl methyl sites for hydroxylation is 1. The number of amides is 1. The Morgan fingerprint density at radius 1 is 1.47 bits per heavy atom. The molecule has 0 heterocycles. The molecule has 0 aromatic heterocycles. The first-order valence-corrected chi connectivity index (χ1v) is 5.52. The molecular weight excluding hydrogens is 258 g/mol. The molecule has 0 radical (unpaired) electrons. The van der Waals surface area contributed by atoms with Crippen molar-refractivity contribution in [2.75, 3.05) is 5.32 Å². The molecule has 0 unspecified atom stereocenters. The van der Waals surface area contributed by atoms with Crippen molar-refractivity contribution in [1.82, 2.24) is 0 Å². The fraction of sp³-hybridized carbons (Fsp3) is 0.364. The lowest BCUT2D eigenvalue weighted by atomic mass is 10.2. The average Bonchev–Trinajstić information content (AvgIpc) is 2.08. The fourth-order valence-electron chi connectivity index (χ4n) is 1.12. The van der Waals surface area contributed by atoms with E-state index in [1.807, 2.05) is 39.0 Å². The van der Waals surface area contributed by atoms with Crippen LogP contribution in [0, 0.1) is 6.92 Å². The molecule has 0 atom stereocenters. The second kappa shape index (κ2) is 5.16. The van der Waals surface area contributed by atoms with E-state index in [1.165, 1.54) is 0 Å². The SMILES string of the molecule is Cc1cc(Br)ccc1NC(=O)OC(C)C. The molecule has 0 saturated carbocycles. The summed E-state index contributed by atoms with van der Waals surface area (Å²) in [6.45, 7) is 5.55. The molecule has 1 aromatic carbocycles. The van der Waals surface area contributed by atoms with Crippen LogP contribution < -0.4 is 5.32 Å². The Bertz CT molecular complexity index is 364. The number of nitrogens with one attached hydrogen (secondary N) is 1. The second-order valence-corrected chi connectivity index (χ2v) is 4.45. The summed E-state index contributed by atoms with van der Waals surface area (Å²) < 4.78 is 5.97. The van der Waals surface area contributed by atoms with Crippen molar-refractivity contribution in [1.29, 1.82) is 0 Å². The molecule has 0 saturated heterocycles. The summed E-state index contributed by atoms with van der Waals surface area (Å²) in [7, 11) is 0. The first-order chi connectivity index (χ1) is 6.99. The molecule has 3 nitrogen and oxygen atoms in total. The van der Waals surface area contributed by atoms with Crippen molar-refractivity contribution in [3.05, 3.63) is 28.2 Å². The highest BCUT2D eigenvalue weighted by atomic mass is 79.9. The minimum atomic E-state index is -0.421. The zero-order chi connectivity index (χ0) is 11.4. The van der Waals surface area contributed by atoms with Crippen LogP contribution in [-0.4, -0.2) is 12.2 Å². The Hall–Kier alpha value is -1.03. The standard InChI is InChI=1S/C11H14BrNO2/c1-7(2)15-11(14)13-10-5-4-9(12)6-8(10)3/h4-7H,1-3H3,(H,13,14). The molecule has 4 heteroatoms. The lowest BCUT2D eigenvalue weighted by Gasteiger charge is -2.11. The van der Waals surface area contributed by atoms with Crippen LogP contribution in [0.5, 0.6) is 0 Å². The van der Waals surface area contributed by atoms with Crippen LogP contribution in [0.25, 0.3) is 0 Å². The Morgan fingerprint density at radius 2 is 2.13 bits per heavy atom. The largest absolute Gasteiger partial charge is 0.447 e. The van der Waals surface area contributed by atoms with Gasteiger partial charge in [0.15, 0.2) is 0 Å². The van der Waals surface area contributed by atoms with Crippen molar-refractivity contribution in [2.24, 2.45) is 0 Å². The number of rotatable bonds is 2. The predicted octanol–water partition coefficient (Wildman–Crippen LogP) is 3.71. The van der Waals surface area contributed by atoms with Crippen LogP contribution in [-0.2, 0) is 4.74 Å². The van der Waals surface area contributed by atoms with Crippen LogP contribution in [0.4, 0.5) is 10.5 Å². The maximum atomic E-state index is 11.3. The Morgan fingerprint density at radius 3 is 2.67 bits per heavy atom. The number of anilines is 1. The highest BCUT2D eigenvalue weighted by Crippen LogP contribution is 2.20. The summed E-state index contributed by atoms with van der Waals surface area (Å²) in [6, 6.07) is 5.64. The maximum absolute atomic E-state index is 11.3. The van der Waals surface area contributed by atoms with Crippen LogP contribution in [0.2, 0.25) is 0 Å². The highest BCUT2D eigenvalue weighted by molar-refractivity contribution is 9.10. The van der Waals surface area contributed by atoms with E-state index in [9.17, 15) is 4.79 Å². The van der Waals surface area contributed by atoms with Gasteiger partial charge < -0.3 is 4.74 Å². The molecule has 0 aliphatic heterocycles. The fourth-order valence-corrected chi connectivity index (χ4v) is 1.60. The minimum Gasteiger partial charge on any atom is -0.447 e. The van der Waals surface area contributed by atoms with Gasteiger partial charge in [-0.15, -0.1) is 0 Å². The molecule has 0 fully saturated rings. The molecule has 0 spiro atoms. The Kier molecular flexibility index (Phi) is 4.15.